The minimum Gasteiger partial charge on any atom is -0.457 e. The SMILES string of the molecule is Nc1ccc(Br)c(C(=O)OCc2cccc(Cl)c2F)c1. The number of hydrogen-bond acceptors (Lipinski definition) is 3. The van der Waals surface area contributed by atoms with Crippen LogP contribution >= 0.6 is 27.5 Å². The number of ether oxygens (including phenoxy) is 1. The number of nitrogens with two attached hydrogens (primary N) is 1. The summed E-state index contributed by atoms with van der Waals surface area (Å²) in [5.41, 5.74) is 6.55. The van der Waals surface area contributed by atoms with Crippen molar-refractivity contribution in [1.29, 1.82) is 0 Å². The monoisotopic (exact) mass is 357 g/mol. The van der Waals surface area contributed by atoms with Gasteiger partial charge in [-0.05, 0) is 40.2 Å². The molecule has 0 aliphatic heterocycles. The number of nitrogen functional groups attached to an aromatic ring is 1. The average Bonchev–Trinajstić information content (AvgIpc) is 2.43. The van der Waals surface area contributed by atoms with Crippen molar-refractivity contribution in [2.75, 3.05) is 5.73 Å². The average molecular weight is 359 g/mol. The molecule has 2 aromatic rings. The lowest BCUT2D eigenvalue weighted by Gasteiger charge is -2.08. The normalized spacial score (nSPS) is 10.3. The number of benzene rings is 2. The Kier molecular flexibility index (Phi) is 4.62. The summed E-state index contributed by atoms with van der Waals surface area (Å²) in [7, 11) is 0. The fraction of sp³-hybridized carbons (Fsp3) is 0.0714. The lowest BCUT2D eigenvalue weighted by molar-refractivity contribution is 0.0468. The molecule has 3 nitrogen and oxygen atoms in total. The van der Waals surface area contributed by atoms with Crippen LogP contribution in [0.5, 0.6) is 0 Å². The van der Waals surface area contributed by atoms with Gasteiger partial charge >= 0.3 is 5.97 Å². The van der Waals surface area contributed by atoms with E-state index in [0.717, 1.165) is 0 Å². The molecule has 0 atom stereocenters. The zero-order valence-electron chi connectivity index (χ0n) is 10.2. The van der Waals surface area contributed by atoms with Gasteiger partial charge in [0.2, 0.25) is 0 Å². The van der Waals surface area contributed by atoms with Gasteiger partial charge in [-0.2, -0.15) is 0 Å². The first-order valence-corrected chi connectivity index (χ1v) is 6.81. The highest BCUT2D eigenvalue weighted by Crippen LogP contribution is 2.22. The second kappa shape index (κ2) is 6.24. The summed E-state index contributed by atoms with van der Waals surface area (Å²) in [6, 6.07) is 9.30. The van der Waals surface area contributed by atoms with Gasteiger partial charge < -0.3 is 10.5 Å². The highest BCUT2D eigenvalue weighted by Gasteiger charge is 2.14. The van der Waals surface area contributed by atoms with Crippen LogP contribution in [-0.2, 0) is 11.3 Å². The summed E-state index contributed by atoms with van der Waals surface area (Å²) in [6.07, 6.45) is 0. The van der Waals surface area contributed by atoms with E-state index in [1.54, 1.807) is 18.2 Å². The van der Waals surface area contributed by atoms with Crippen molar-refractivity contribution < 1.29 is 13.9 Å². The van der Waals surface area contributed by atoms with Crippen molar-refractivity contribution in [3.8, 4) is 0 Å². The second-order valence-electron chi connectivity index (χ2n) is 4.03. The first-order chi connectivity index (χ1) is 9.49. The fourth-order valence-corrected chi connectivity index (χ4v) is 2.18. The van der Waals surface area contributed by atoms with Crippen LogP contribution in [0.3, 0.4) is 0 Å². The second-order valence-corrected chi connectivity index (χ2v) is 5.29. The number of carbonyl (C=O) groups is 1. The molecule has 0 heterocycles. The smallest absolute Gasteiger partial charge is 0.339 e. The van der Waals surface area contributed by atoms with Gasteiger partial charge in [0.25, 0.3) is 0 Å². The maximum atomic E-state index is 13.6. The molecule has 0 fully saturated rings. The van der Waals surface area contributed by atoms with Crippen LogP contribution in [0.2, 0.25) is 5.02 Å². The topological polar surface area (TPSA) is 52.3 Å². The zero-order chi connectivity index (χ0) is 14.7. The third-order valence-electron chi connectivity index (χ3n) is 2.60. The van der Waals surface area contributed by atoms with Crippen LogP contribution in [0.15, 0.2) is 40.9 Å². The molecule has 0 saturated heterocycles. The third kappa shape index (κ3) is 3.29. The Morgan fingerprint density at radius 3 is 2.85 bits per heavy atom. The molecular formula is C14H10BrClFNO2. The summed E-state index contributed by atoms with van der Waals surface area (Å²) in [5.74, 6) is -1.18. The van der Waals surface area contributed by atoms with E-state index in [4.69, 9.17) is 22.1 Å². The quantitative estimate of drug-likeness (QED) is 0.661. The van der Waals surface area contributed by atoms with Gasteiger partial charge in [-0.3, -0.25) is 0 Å². The Morgan fingerprint density at radius 1 is 1.35 bits per heavy atom. The predicted octanol–water partition coefficient (Wildman–Crippen LogP) is 4.18. The van der Waals surface area contributed by atoms with Crippen LogP contribution in [0.4, 0.5) is 10.1 Å². The first kappa shape index (κ1) is 14.8. The van der Waals surface area contributed by atoms with Crippen molar-refractivity contribution in [2.24, 2.45) is 0 Å². The number of rotatable bonds is 3. The summed E-state index contributed by atoms with van der Waals surface area (Å²) in [6.45, 7) is -0.202. The van der Waals surface area contributed by atoms with Gasteiger partial charge in [-0.25, -0.2) is 9.18 Å². The van der Waals surface area contributed by atoms with E-state index >= 15 is 0 Å². The van der Waals surface area contributed by atoms with Gasteiger partial charge in [0.1, 0.15) is 12.4 Å². The molecule has 0 bridgehead atoms. The van der Waals surface area contributed by atoms with Crippen molar-refractivity contribution in [3.05, 3.63) is 62.8 Å². The van der Waals surface area contributed by atoms with Crippen molar-refractivity contribution >= 4 is 39.2 Å². The Balaban J connectivity index is 2.13. The number of anilines is 1. The largest absolute Gasteiger partial charge is 0.457 e. The number of esters is 1. The molecule has 2 N–H and O–H groups in total. The third-order valence-corrected chi connectivity index (χ3v) is 3.58. The minimum absolute atomic E-state index is 0.0105. The zero-order valence-corrected chi connectivity index (χ0v) is 12.5. The molecule has 6 heteroatoms. The number of halogens is 3. The van der Waals surface area contributed by atoms with Gasteiger partial charge in [-0.1, -0.05) is 23.7 Å². The van der Waals surface area contributed by atoms with Crippen molar-refractivity contribution in [1.82, 2.24) is 0 Å². The molecule has 0 aliphatic carbocycles. The maximum Gasteiger partial charge on any atom is 0.339 e. The van der Waals surface area contributed by atoms with E-state index in [9.17, 15) is 9.18 Å². The lowest BCUT2D eigenvalue weighted by atomic mass is 10.2. The molecule has 2 aromatic carbocycles. The molecule has 2 rings (SSSR count). The summed E-state index contributed by atoms with van der Waals surface area (Å²) in [4.78, 5) is 11.9. The number of hydrogen-bond donors (Lipinski definition) is 1. The van der Waals surface area contributed by atoms with Crippen molar-refractivity contribution in [3.63, 3.8) is 0 Å². The van der Waals surface area contributed by atoms with Crippen LogP contribution in [0, 0.1) is 5.82 Å². The van der Waals surface area contributed by atoms with Gasteiger partial charge in [0.15, 0.2) is 0 Å². The van der Waals surface area contributed by atoms with E-state index < -0.39 is 11.8 Å². The van der Waals surface area contributed by atoms with Gasteiger partial charge in [0, 0.05) is 15.7 Å². The molecule has 0 unspecified atom stereocenters. The van der Waals surface area contributed by atoms with Crippen LogP contribution in [-0.4, -0.2) is 5.97 Å². The van der Waals surface area contributed by atoms with Crippen LogP contribution in [0.25, 0.3) is 0 Å². The predicted molar refractivity (Wildman–Crippen MR) is 79.1 cm³/mol. The number of carbonyl (C=O) groups excluding carboxylic acids is 1. The van der Waals surface area contributed by atoms with Crippen LogP contribution < -0.4 is 5.73 Å². The van der Waals surface area contributed by atoms with E-state index in [1.165, 1.54) is 18.2 Å². The maximum absolute atomic E-state index is 13.6. The molecular weight excluding hydrogens is 349 g/mol. The highest BCUT2D eigenvalue weighted by atomic mass is 79.9. The molecule has 0 radical (unpaired) electrons. The standard InChI is InChI=1S/C14H10BrClFNO2/c15-11-5-4-9(18)6-10(11)14(19)20-7-8-2-1-3-12(16)13(8)17/h1-6H,7,18H2. The first-order valence-electron chi connectivity index (χ1n) is 5.64. The van der Waals surface area contributed by atoms with Crippen molar-refractivity contribution in [2.45, 2.75) is 6.61 Å². The molecule has 0 spiro atoms. The van der Waals surface area contributed by atoms with Crippen LogP contribution in [0.1, 0.15) is 15.9 Å². The van der Waals surface area contributed by atoms with E-state index in [1.807, 2.05) is 0 Å². The Hall–Kier alpha value is -1.59. The molecule has 0 aliphatic rings. The summed E-state index contributed by atoms with van der Waals surface area (Å²) in [5, 5.41) is -0.0105. The molecule has 104 valence electrons. The van der Waals surface area contributed by atoms with E-state index in [2.05, 4.69) is 15.9 Å². The fourth-order valence-electron chi connectivity index (χ4n) is 1.58. The van der Waals surface area contributed by atoms with Gasteiger partial charge in [0.05, 0.1) is 10.6 Å². The summed E-state index contributed by atoms with van der Waals surface area (Å²) < 4.78 is 19.3. The van der Waals surface area contributed by atoms with Gasteiger partial charge in [-0.15, -0.1) is 0 Å². The van der Waals surface area contributed by atoms with E-state index in [0.29, 0.717) is 10.2 Å². The Labute approximate surface area is 128 Å². The lowest BCUT2D eigenvalue weighted by Crippen LogP contribution is -2.07. The highest BCUT2D eigenvalue weighted by molar-refractivity contribution is 9.10. The minimum atomic E-state index is -0.594. The van der Waals surface area contributed by atoms with E-state index in [-0.39, 0.29) is 22.8 Å². The Bertz CT molecular complexity index is 664. The molecule has 0 aromatic heterocycles. The molecule has 20 heavy (non-hydrogen) atoms. The summed E-state index contributed by atoms with van der Waals surface area (Å²) >= 11 is 8.88. The molecule has 0 amide bonds. The molecule has 0 saturated carbocycles. The Morgan fingerprint density at radius 2 is 2.10 bits per heavy atom.